The van der Waals surface area contributed by atoms with Crippen LogP contribution in [0, 0.1) is 10.5 Å². The molecular weight excluding hydrogens is 395 g/mol. The van der Waals surface area contributed by atoms with Crippen molar-refractivity contribution in [3.8, 4) is 11.3 Å². The van der Waals surface area contributed by atoms with Gasteiger partial charge in [0.15, 0.2) is 0 Å². The zero-order valence-corrected chi connectivity index (χ0v) is 14.4. The molecule has 2 heterocycles. The van der Waals surface area contributed by atoms with Gasteiger partial charge in [0, 0.05) is 16.6 Å². The number of nitrogens with two attached hydrogens (primary N) is 1. The molecule has 0 radical (unpaired) electrons. The highest BCUT2D eigenvalue weighted by atomic mass is 127. The number of halogens is 1. The summed E-state index contributed by atoms with van der Waals surface area (Å²) in [4.78, 5) is 13.5. The summed E-state index contributed by atoms with van der Waals surface area (Å²) in [7, 11) is 0. The standard InChI is InChI=1S/C15H13IN4S/c1-9-8-21-12(18-9)7-11-19-14(13(16)15(17)20-11)10-5-3-2-4-6-10/h2-6,8H,7H2,1H3,(H2,17,19,20). The Hall–Kier alpha value is -1.54. The molecule has 0 aliphatic rings. The number of anilines is 1. The number of rotatable bonds is 3. The third-order valence-electron chi connectivity index (χ3n) is 2.95. The van der Waals surface area contributed by atoms with Crippen molar-refractivity contribution in [2.75, 3.05) is 5.73 Å². The van der Waals surface area contributed by atoms with E-state index >= 15 is 0 Å². The van der Waals surface area contributed by atoms with Crippen molar-refractivity contribution in [1.29, 1.82) is 0 Å². The summed E-state index contributed by atoms with van der Waals surface area (Å²) in [5, 5.41) is 3.04. The van der Waals surface area contributed by atoms with Crippen LogP contribution >= 0.6 is 33.9 Å². The molecule has 0 atom stereocenters. The Labute approximate surface area is 140 Å². The van der Waals surface area contributed by atoms with Crippen molar-refractivity contribution >= 4 is 39.7 Å². The highest BCUT2D eigenvalue weighted by molar-refractivity contribution is 14.1. The molecule has 0 unspecified atom stereocenters. The minimum absolute atomic E-state index is 0.521. The lowest BCUT2D eigenvalue weighted by Gasteiger charge is -2.08. The van der Waals surface area contributed by atoms with Crippen LogP contribution in [-0.2, 0) is 6.42 Å². The van der Waals surface area contributed by atoms with Gasteiger partial charge in [0.25, 0.3) is 0 Å². The molecule has 0 bridgehead atoms. The van der Waals surface area contributed by atoms with Crippen LogP contribution in [0.15, 0.2) is 35.7 Å². The monoisotopic (exact) mass is 408 g/mol. The van der Waals surface area contributed by atoms with Gasteiger partial charge in [-0.2, -0.15) is 0 Å². The summed E-state index contributed by atoms with van der Waals surface area (Å²) < 4.78 is 0.887. The maximum absolute atomic E-state index is 6.04. The van der Waals surface area contributed by atoms with Crippen molar-refractivity contribution in [3.05, 3.63) is 55.8 Å². The number of aryl methyl sites for hydroxylation is 1. The van der Waals surface area contributed by atoms with E-state index < -0.39 is 0 Å². The van der Waals surface area contributed by atoms with Gasteiger partial charge in [0.1, 0.15) is 16.6 Å². The average molecular weight is 408 g/mol. The van der Waals surface area contributed by atoms with Gasteiger partial charge in [-0.1, -0.05) is 30.3 Å². The second-order valence-electron chi connectivity index (χ2n) is 4.61. The summed E-state index contributed by atoms with van der Waals surface area (Å²) in [6.07, 6.45) is 0.611. The van der Waals surface area contributed by atoms with Crippen molar-refractivity contribution in [2.45, 2.75) is 13.3 Å². The number of hydrogen-bond donors (Lipinski definition) is 1. The van der Waals surface area contributed by atoms with Crippen molar-refractivity contribution in [2.24, 2.45) is 0 Å². The largest absolute Gasteiger partial charge is 0.383 e. The molecule has 0 aliphatic heterocycles. The van der Waals surface area contributed by atoms with Crippen LogP contribution in [0.5, 0.6) is 0 Å². The number of thiazole rings is 1. The van der Waals surface area contributed by atoms with E-state index in [0.717, 1.165) is 25.5 Å². The summed E-state index contributed by atoms with van der Waals surface area (Å²) in [5.74, 6) is 1.23. The van der Waals surface area contributed by atoms with Crippen LogP contribution in [0.2, 0.25) is 0 Å². The van der Waals surface area contributed by atoms with Gasteiger partial charge in [0.2, 0.25) is 0 Å². The third-order valence-corrected chi connectivity index (χ3v) is 4.98. The lowest BCUT2D eigenvalue weighted by atomic mass is 10.1. The molecule has 2 N–H and O–H groups in total. The minimum atomic E-state index is 0.521. The second kappa shape index (κ2) is 6.07. The minimum Gasteiger partial charge on any atom is -0.383 e. The quantitative estimate of drug-likeness (QED) is 0.672. The number of aromatic nitrogens is 3. The summed E-state index contributed by atoms with van der Waals surface area (Å²) in [5.41, 5.74) is 9.00. The number of nitrogen functional groups attached to an aromatic ring is 1. The van der Waals surface area contributed by atoms with Crippen LogP contribution in [0.4, 0.5) is 5.82 Å². The van der Waals surface area contributed by atoms with E-state index in [1.165, 1.54) is 0 Å². The lowest BCUT2D eigenvalue weighted by molar-refractivity contribution is 0.956. The molecule has 0 saturated carbocycles. The van der Waals surface area contributed by atoms with Crippen LogP contribution in [0.25, 0.3) is 11.3 Å². The zero-order chi connectivity index (χ0) is 14.8. The van der Waals surface area contributed by atoms with Gasteiger partial charge in [-0.25, -0.2) is 15.0 Å². The fourth-order valence-corrected chi connectivity index (χ4v) is 3.32. The molecule has 0 aliphatic carbocycles. The Bertz CT molecular complexity index is 771. The van der Waals surface area contributed by atoms with E-state index in [1.807, 2.05) is 42.6 Å². The molecule has 0 fully saturated rings. The molecule has 4 nitrogen and oxygen atoms in total. The Kier molecular flexibility index (Phi) is 4.16. The predicted molar refractivity (Wildman–Crippen MR) is 94.3 cm³/mol. The zero-order valence-electron chi connectivity index (χ0n) is 11.4. The first-order chi connectivity index (χ1) is 10.1. The molecular formula is C15H13IN4S. The Morgan fingerprint density at radius 3 is 2.57 bits per heavy atom. The highest BCUT2D eigenvalue weighted by Gasteiger charge is 2.13. The van der Waals surface area contributed by atoms with Gasteiger partial charge in [-0.3, -0.25) is 0 Å². The topological polar surface area (TPSA) is 64.7 Å². The van der Waals surface area contributed by atoms with E-state index in [0.29, 0.717) is 18.1 Å². The maximum Gasteiger partial charge on any atom is 0.141 e. The van der Waals surface area contributed by atoms with Crippen LogP contribution in [-0.4, -0.2) is 15.0 Å². The van der Waals surface area contributed by atoms with E-state index in [1.54, 1.807) is 11.3 Å². The summed E-state index contributed by atoms with van der Waals surface area (Å²) in [6.45, 7) is 1.98. The van der Waals surface area contributed by atoms with E-state index in [9.17, 15) is 0 Å². The maximum atomic E-state index is 6.04. The Morgan fingerprint density at radius 1 is 1.14 bits per heavy atom. The van der Waals surface area contributed by atoms with E-state index in [-0.39, 0.29) is 0 Å². The summed E-state index contributed by atoms with van der Waals surface area (Å²) in [6, 6.07) is 10.0. The predicted octanol–water partition coefficient (Wildman–Crippen LogP) is 3.69. The number of hydrogen-bond acceptors (Lipinski definition) is 5. The number of benzene rings is 1. The molecule has 21 heavy (non-hydrogen) atoms. The first kappa shape index (κ1) is 14.4. The van der Waals surface area contributed by atoms with Gasteiger partial charge in [-0.05, 0) is 29.5 Å². The second-order valence-corrected chi connectivity index (χ2v) is 6.63. The normalized spacial score (nSPS) is 10.8. The average Bonchev–Trinajstić information content (AvgIpc) is 2.89. The smallest absolute Gasteiger partial charge is 0.141 e. The molecule has 0 spiro atoms. The van der Waals surface area contributed by atoms with Gasteiger partial charge in [0.05, 0.1) is 15.7 Å². The van der Waals surface area contributed by atoms with E-state index in [2.05, 4.69) is 37.5 Å². The number of nitrogens with zero attached hydrogens (tertiary/aromatic N) is 3. The van der Waals surface area contributed by atoms with Crippen molar-refractivity contribution in [3.63, 3.8) is 0 Å². The van der Waals surface area contributed by atoms with Gasteiger partial charge < -0.3 is 5.73 Å². The Balaban J connectivity index is 2.01. The molecule has 6 heteroatoms. The molecule has 0 amide bonds. The lowest BCUT2D eigenvalue weighted by Crippen LogP contribution is -2.05. The SMILES string of the molecule is Cc1csc(Cc2nc(N)c(I)c(-c3ccccc3)n2)n1. The highest BCUT2D eigenvalue weighted by Crippen LogP contribution is 2.27. The van der Waals surface area contributed by atoms with Gasteiger partial charge >= 0.3 is 0 Å². The molecule has 3 rings (SSSR count). The fraction of sp³-hybridized carbons (Fsp3) is 0.133. The van der Waals surface area contributed by atoms with E-state index in [4.69, 9.17) is 5.73 Å². The van der Waals surface area contributed by atoms with Crippen molar-refractivity contribution in [1.82, 2.24) is 15.0 Å². The molecule has 2 aromatic heterocycles. The first-order valence-corrected chi connectivity index (χ1v) is 8.37. The van der Waals surface area contributed by atoms with Crippen LogP contribution in [0.3, 0.4) is 0 Å². The summed E-state index contributed by atoms with van der Waals surface area (Å²) >= 11 is 3.82. The fourth-order valence-electron chi connectivity index (χ4n) is 2.00. The first-order valence-electron chi connectivity index (χ1n) is 6.42. The van der Waals surface area contributed by atoms with Crippen LogP contribution in [0.1, 0.15) is 16.5 Å². The van der Waals surface area contributed by atoms with Crippen molar-refractivity contribution < 1.29 is 0 Å². The molecule has 3 aromatic rings. The molecule has 0 saturated heterocycles. The van der Waals surface area contributed by atoms with Gasteiger partial charge in [-0.15, -0.1) is 11.3 Å². The molecule has 106 valence electrons. The Morgan fingerprint density at radius 2 is 1.90 bits per heavy atom. The molecule has 1 aromatic carbocycles. The third kappa shape index (κ3) is 3.21. The van der Waals surface area contributed by atoms with Crippen LogP contribution < -0.4 is 5.73 Å².